The van der Waals surface area contributed by atoms with Gasteiger partial charge in [0.25, 0.3) is 0 Å². The highest BCUT2D eigenvalue weighted by Gasteiger charge is 2.31. The maximum absolute atomic E-state index is 5.42. The van der Waals surface area contributed by atoms with E-state index in [1.807, 2.05) is 6.07 Å². The highest BCUT2D eigenvalue weighted by Crippen LogP contribution is 2.35. The molecule has 1 aliphatic carbocycles. The highest BCUT2D eigenvalue weighted by atomic mass is 16.5. The van der Waals surface area contributed by atoms with Gasteiger partial charge in [0.2, 0.25) is 0 Å². The van der Waals surface area contributed by atoms with E-state index in [0.29, 0.717) is 12.0 Å². The summed E-state index contributed by atoms with van der Waals surface area (Å²) in [6, 6.07) is 9.95. The minimum atomic E-state index is 0.508. The van der Waals surface area contributed by atoms with E-state index >= 15 is 0 Å². The predicted octanol–water partition coefficient (Wildman–Crippen LogP) is 3.22. The minimum absolute atomic E-state index is 0.508. The molecule has 3 heteroatoms. The van der Waals surface area contributed by atoms with Crippen LogP contribution in [-0.2, 0) is 0 Å². The molecule has 2 unspecified atom stereocenters. The molecular formula is C18H28N2O. The Kier molecular flexibility index (Phi) is 4.81. The average molecular weight is 288 g/mol. The zero-order valence-corrected chi connectivity index (χ0v) is 13.3. The SMILES string of the molecule is COc1cccc(C2C(CNC3CC3)CCCCN2C)c1. The van der Waals surface area contributed by atoms with Crippen LogP contribution in [0.3, 0.4) is 0 Å². The standard InChI is InChI=1S/C18H28N2O/c1-20-11-4-3-6-15(13-19-16-9-10-16)18(20)14-7-5-8-17(12-14)21-2/h5,7-8,12,15-16,18-19H,3-4,6,9-11,13H2,1-2H3. The third-order valence-electron chi connectivity index (χ3n) is 4.94. The zero-order chi connectivity index (χ0) is 14.7. The van der Waals surface area contributed by atoms with E-state index in [2.05, 4.69) is 35.5 Å². The number of methoxy groups -OCH3 is 1. The fourth-order valence-corrected chi connectivity index (χ4v) is 3.60. The van der Waals surface area contributed by atoms with Gasteiger partial charge in [0.15, 0.2) is 0 Å². The van der Waals surface area contributed by atoms with Crippen LogP contribution >= 0.6 is 0 Å². The monoisotopic (exact) mass is 288 g/mol. The molecular weight excluding hydrogens is 260 g/mol. The fraction of sp³-hybridized carbons (Fsp3) is 0.667. The van der Waals surface area contributed by atoms with Crippen LogP contribution in [-0.4, -0.2) is 38.2 Å². The van der Waals surface area contributed by atoms with Gasteiger partial charge in [-0.1, -0.05) is 18.6 Å². The molecule has 2 fully saturated rings. The Morgan fingerprint density at radius 1 is 1.24 bits per heavy atom. The second-order valence-electron chi connectivity index (χ2n) is 6.64. The van der Waals surface area contributed by atoms with Crippen LogP contribution in [0, 0.1) is 5.92 Å². The first-order valence-electron chi connectivity index (χ1n) is 8.35. The van der Waals surface area contributed by atoms with Crippen molar-refractivity contribution in [2.24, 2.45) is 5.92 Å². The Bertz CT molecular complexity index is 458. The molecule has 0 bridgehead atoms. The third-order valence-corrected chi connectivity index (χ3v) is 4.94. The number of hydrogen-bond acceptors (Lipinski definition) is 3. The summed E-state index contributed by atoms with van der Waals surface area (Å²) < 4.78 is 5.42. The number of ether oxygens (including phenoxy) is 1. The normalized spacial score (nSPS) is 27.3. The van der Waals surface area contributed by atoms with E-state index in [1.165, 1.54) is 44.2 Å². The van der Waals surface area contributed by atoms with Crippen molar-refractivity contribution in [3.63, 3.8) is 0 Å². The number of rotatable bonds is 5. The van der Waals surface area contributed by atoms with E-state index in [-0.39, 0.29) is 0 Å². The minimum Gasteiger partial charge on any atom is -0.497 e. The molecule has 0 spiro atoms. The Morgan fingerprint density at radius 2 is 2.10 bits per heavy atom. The molecule has 1 heterocycles. The largest absolute Gasteiger partial charge is 0.497 e. The summed E-state index contributed by atoms with van der Waals surface area (Å²) in [6.07, 6.45) is 6.73. The Morgan fingerprint density at radius 3 is 2.86 bits per heavy atom. The lowest BCUT2D eigenvalue weighted by molar-refractivity contribution is 0.188. The molecule has 1 aromatic carbocycles. The maximum Gasteiger partial charge on any atom is 0.119 e. The van der Waals surface area contributed by atoms with E-state index in [9.17, 15) is 0 Å². The van der Waals surface area contributed by atoms with Gasteiger partial charge in [-0.05, 0) is 62.9 Å². The quantitative estimate of drug-likeness (QED) is 0.900. The highest BCUT2D eigenvalue weighted by molar-refractivity contribution is 5.31. The molecule has 1 N–H and O–H groups in total. The number of nitrogens with one attached hydrogen (secondary N) is 1. The molecule has 2 aliphatic rings. The Labute approximate surface area is 128 Å². The molecule has 1 saturated carbocycles. The van der Waals surface area contributed by atoms with Gasteiger partial charge in [0.1, 0.15) is 5.75 Å². The first kappa shape index (κ1) is 14.9. The lowest BCUT2D eigenvalue weighted by Gasteiger charge is -2.33. The molecule has 1 aromatic rings. The molecule has 21 heavy (non-hydrogen) atoms. The predicted molar refractivity (Wildman–Crippen MR) is 86.7 cm³/mol. The van der Waals surface area contributed by atoms with Gasteiger partial charge in [0, 0.05) is 18.6 Å². The zero-order valence-electron chi connectivity index (χ0n) is 13.3. The number of likely N-dealkylation sites (tertiary alicyclic amines) is 1. The smallest absolute Gasteiger partial charge is 0.119 e. The molecule has 2 atom stereocenters. The lowest BCUT2D eigenvalue weighted by Crippen LogP contribution is -2.35. The van der Waals surface area contributed by atoms with E-state index in [1.54, 1.807) is 7.11 Å². The summed E-state index contributed by atoms with van der Waals surface area (Å²) in [5.74, 6) is 1.67. The summed E-state index contributed by atoms with van der Waals surface area (Å²) in [5, 5.41) is 3.75. The molecule has 0 radical (unpaired) electrons. The van der Waals surface area contributed by atoms with Crippen molar-refractivity contribution in [3.8, 4) is 5.75 Å². The summed E-state index contributed by atoms with van der Waals surface area (Å²) in [6.45, 7) is 2.35. The third kappa shape index (κ3) is 3.78. The second kappa shape index (κ2) is 6.80. The van der Waals surface area contributed by atoms with Crippen LogP contribution in [0.5, 0.6) is 5.75 Å². The summed E-state index contributed by atoms with van der Waals surface area (Å²) in [4.78, 5) is 2.54. The van der Waals surface area contributed by atoms with E-state index < -0.39 is 0 Å². The van der Waals surface area contributed by atoms with Crippen molar-refractivity contribution in [1.82, 2.24) is 10.2 Å². The lowest BCUT2D eigenvalue weighted by atomic mass is 9.89. The first-order chi connectivity index (χ1) is 10.3. The summed E-state index contributed by atoms with van der Waals surface area (Å²) >= 11 is 0. The average Bonchev–Trinajstić information content (AvgIpc) is 3.33. The topological polar surface area (TPSA) is 24.5 Å². The summed E-state index contributed by atoms with van der Waals surface area (Å²) in [7, 11) is 4.03. The maximum atomic E-state index is 5.42. The van der Waals surface area contributed by atoms with Crippen molar-refractivity contribution >= 4 is 0 Å². The van der Waals surface area contributed by atoms with Crippen molar-refractivity contribution in [1.29, 1.82) is 0 Å². The molecule has 1 saturated heterocycles. The van der Waals surface area contributed by atoms with Gasteiger partial charge < -0.3 is 10.1 Å². The van der Waals surface area contributed by atoms with Gasteiger partial charge in [-0.25, -0.2) is 0 Å². The van der Waals surface area contributed by atoms with Crippen LogP contribution in [0.25, 0.3) is 0 Å². The summed E-state index contributed by atoms with van der Waals surface area (Å²) in [5.41, 5.74) is 1.40. The van der Waals surface area contributed by atoms with Crippen LogP contribution in [0.2, 0.25) is 0 Å². The molecule has 3 nitrogen and oxygen atoms in total. The molecule has 3 rings (SSSR count). The van der Waals surface area contributed by atoms with Crippen molar-refractivity contribution < 1.29 is 4.74 Å². The van der Waals surface area contributed by atoms with Gasteiger partial charge in [0.05, 0.1) is 7.11 Å². The van der Waals surface area contributed by atoms with Crippen molar-refractivity contribution in [3.05, 3.63) is 29.8 Å². The van der Waals surface area contributed by atoms with Gasteiger partial charge in [-0.3, -0.25) is 4.90 Å². The molecule has 0 aromatic heterocycles. The fourth-order valence-electron chi connectivity index (χ4n) is 3.60. The first-order valence-corrected chi connectivity index (χ1v) is 8.35. The number of benzene rings is 1. The Hall–Kier alpha value is -1.06. The molecule has 1 aliphatic heterocycles. The van der Waals surface area contributed by atoms with Crippen molar-refractivity contribution in [2.45, 2.75) is 44.2 Å². The van der Waals surface area contributed by atoms with Gasteiger partial charge in [-0.15, -0.1) is 0 Å². The molecule has 116 valence electrons. The number of nitrogens with zero attached hydrogens (tertiary/aromatic N) is 1. The second-order valence-corrected chi connectivity index (χ2v) is 6.64. The van der Waals surface area contributed by atoms with Crippen LogP contribution in [0.1, 0.15) is 43.7 Å². The van der Waals surface area contributed by atoms with E-state index in [0.717, 1.165) is 18.3 Å². The van der Waals surface area contributed by atoms with Crippen LogP contribution in [0.15, 0.2) is 24.3 Å². The molecule has 0 amide bonds. The van der Waals surface area contributed by atoms with E-state index in [4.69, 9.17) is 4.74 Å². The van der Waals surface area contributed by atoms with Gasteiger partial charge in [-0.2, -0.15) is 0 Å². The Balaban J connectivity index is 1.79. The number of hydrogen-bond donors (Lipinski definition) is 1. The van der Waals surface area contributed by atoms with Crippen LogP contribution in [0.4, 0.5) is 0 Å². The van der Waals surface area contributed by atoms with Gasteiger partial charge >= 0.3 is 0 Å². The van der Waals surface area contributed by atoms with Crippen LogP contribution < -0.4 is 10.1 Å². The van der Waals surface area contributed by atoms with Crippen molar-refractivity contribution in [2.75, 3.05) is 27.2 Å².